The molecule has 0 aliphatic carbocycles. The zero-order valence-electron chi connectivity index (χ0n) is 13.0. The van der Waals surface area contributed by atoms with E-state index in [2.05, 4.69) is 36.0 Å². The quantitative estimate of drug-likeness (QED) is 0.779. The number of piperazine rings is 1. The van der Waals surface area contributed by atoms with Crippen molar-refractivity contribution in [3.05, 3.63) is 0 Å². The first kappa shape index (κ1) is 15.2. The van der Waals surface area contributed by atoms with E-state index in [0.717, 1.165) is 25.8 Å². The van der Waals surface area contributed by atoms with Gasteiger partial charge in [0.25, 0.3) is 0 Å². The molecule has 0 bridgehead atoms. The Hall–Kier alpha value is -0.160. The fraction of sp³-hybridized carbons (Fsp3) is 1.00. The second kappa shape index (κ2) is 7.02. The molecule has 2 aliphatic heterocycles. The lowest BCUT2D eigenvalue weighted by Crippen LogP contribution is -2.53. The van der Waals surface area contributed by atoms with Crippen molar-refractivity contribution in [2.75, 3.05) is 59.5 Å². The lowest BCUT2D eigenvalue weighted by atomic mass is 9.86. The van der Waals surface area contributed by atoms with Crippen LogP contribution < -0.4 is 5.32 Å². The van der Waals surface area contributed by atoms with E-state index in [1.807, 2.05) is 0 Å². The fourth-order valence-corrected chi connectivity index (χ4v) is 3.44. The van der Waals surface area contributed by atoms with Gasteiger partial charge in [0.05, 0.1) is 6.61 Å². The van der Waals surface area contributed by atoms with Crippen LogP contribution in [-0.2, 0) is 4.74 Å². The molecular formula is C15H31N3O. The van der Waals surface area contributed by atoms with Gasteiger partial charge in [-0.25, -0.2) is 0 Å². The van der Waals surface area contributed by atoms with E-state index in [1.54, 1.807) is 0 Å². The third-order valence-corrected chi connectivity index (χ3v) is 4.92. The summed E-state index contributed by atoms with van der Waals surface area (Å²) in [7, 11) is 2.06. The molecule has 0 aromatic heterocycles. The minimum absolute atomic E-state index is 0.354. The zero-order valence-corrected chi connectivity index (χ0v) is 13.0. The lowest BCUT2D eigenvalue weighted by molar-refractivity contribution is 0.0580. The standard InChI is InChI=1S/C15H31N3O/c1-4-14(2)18-8-6-17(7-9-18)12-15(11-16-3)5-10-19-13-15/h14,16H,4-13H2,1-3H3. The van der Waals surface area contributed by atoms with E-state index >= 15 is 0 Å². The molecule has 1 N–H and O–H groups in total. The van der Waals surface area contributed by atoms with E-state index in [9.17, 15) is 0 Å². The van der Waals surface area contributed by atoms with Crippen molar-refractivity contribution in [3.8, 4) is 0 Å². The van der Waals surface area contributed by atoms with Crippen molar-refractivity contribution in [2.24, 2.45) is 5.41 Å². The van der Waals surface area contributed by atoms with Crippen LogP contribution in [0.2, 0.25) is 0 Å². The van der Waals surface area contributed by atoms with Gasteiger partial charge in [-0.15, -0.1) is 0 Å². The molecule has 2 heterocycles. The molecule has 0 aromatic rings. The maximum absolute atomic E-state index is 5.65. The Morgan fingerprint density at radius 2 is 2.00 bits per heavy atom. The van der Waals surface area contributed by atoms with Crippen molar-refractivity contribution in [1.29, 1.82) is 0 Å². The SMILES string of the molecule is CCC(C)N1CCN(CC2(CNC)CCOC2)CC1. The number of ether oxygens (including phenoxy) is 1. The topological polar surface area (TPSA) is 27.7 Å². The van der Waals surface area contributed by atoms with Crippen LogP contribution in [0.3, 0.4) is 0 Å². The molecule has 0 radical (unpaired) electrons. The minimum atomic E-state index is 0.354. The van der Waals surface area contributed by atoms with Crippen LogP contribution in [-0.4, -0.2) is 75.4 Å². The highest BCUT2D eigenvalue weighted by molar-refractivity contribution is 4.89. The highest BCUT2D eigenvalue weighted by Crippen LogP contribution is 2.29. The Morgan fingerprint density at radius 3 is 2.53 bits per heavy atom. The van der Waals surface area contributed by atoms with E-state index in [4.69, 9.17) is 4.74 Å². The molecule has 0 saturated carbocycles. The van der Waals surface area contributed by atoms with Gasteiger partial charge >= 0.3 is 0 Å². The van der Waals surface area contributed by atoms with Gasteiger partial charge in [0.15, 0.2) is 0 Å². The molecule has 2 rings (SSSR count). The number of nitrogens with one attached hydrogen (secondary N) is 1. The zero-order chi connectivity index (χ0) is 13.7. The molecule has 112 valence electrons. The Morgan fingerprint density at radius 1 is 1.26 bits per heavy atom. The molecule has 19 heavy (non-hydrogen) atoms. The average molecular weight is 269 g/mol. The van der Waals surface area contributed by atoms with Crippen LogP contribution in [0.15, 0.2) is 0 Å². The van der Waals surface area contributed by atoms with Gasteiger partial charge in [-0.1, -0.05) is 6.92 Å². The maximum atomic E-state index is 5.65. The first-order valence-electron chi connectivity index (χ1n) is 7.88. The second-order valence-electron chi connectivity index (χ2n) is 6.40. The third-order valence-electron chi connectivity index (χ3n) is 4.92. The largest absolute Gasteiger partial charge is 0.381 e. The summed E-state index contributed by atoms with van der Waals surface area (Å²) in [5.41, 5.74) is 0.354. The van der Waals surface area contributed by atoms with Gasteiger partial charge in [0.2, 0.25) is 0 Å². The first-order valence-corrected chi connectivity index (χ1v) is 7.88. The summed E-state index contributed by atoms with van der Waals surface area (Å²) < 4.78 is 5.65. The normalized spacial score (nSPS) is 31.7. The fourth-order valence-electron chi connectivity index (χ4n) is 3.44. The summed E-state index contributed by atoms with van der Waals surface area (Å²) in [6.07, 6.45) is 2.47. The molecule has 0 spiro atoms. The average Bonchev–Trinajstić information content (AvgIpc) is 2.87. The molecule has 0 amide bonds. The maximum Gasteiger partial charge on any atom is 0.0547 e. The summed E-state index contributed by atoms with van der Waals surface area (Å²) in [6.45, 7) is 13.7. The van der Waals surface area contributed by atoms with Gasteiger partial charge in [-0.05, 0) is 26.8 Å². The van der Waals surface area contributed by atoms with Crippen LogP contribution in [0.4, 0.5) is 0 Å². The molecule has 4 heteroatoms. The summed E-state index contributed by atoms with van der Waals surface area (Å²) in [5, 5.41) is 3.36. The Bertz CT molecular complexity index is 258. The van der Waals surface area contributed by atoms with Gasteiger partial charge in [-0.3, -0.25) is 4.90 Å². The predicted octanol–water partition coefficient (Wildman–Crippen LogP) is 1.03. The van der Waals surface area contributed by atoms with E-state index in [0.29, 0.717) is 5.41 Å². The second-order valence-corrected chi connectivity index (χ2v) is 6.40. The van der Waals surface area contributed by atoms with Crippen LogP contribution in [0, 0.1) is 5.41 Å². The summed E-state index contributed by atoms with van der Waals surface area (Å²) in [6, 6.07) is 0.739. The van der Waals surface area contributed by atoms with E-state index in [-0.39, 0.29) is 0 Å². The summed E-state index contributed by atoms with van der Waals surface area (Å²) in [5.74, 6) is 0. The van der Waals surface area contributed by atoms with Gasteiger partial charge in [0, 0.05) is 57.3 Å². The van der Waals surface area contributed by atoms with Crippen molar-refractivity contribution in [2.45, 2.75) is 32.7 Å². The predicted molar refractivity (Wildman–Crippen MR) is 79.6 cm³/mol. The monoisotopic (exact) mass is 269 g/mol. The molecule has 2 aliphatic rings. The van der Waals surface area contributed by atoms with Crippen molar-refractivity contribution in [1.82, 2.24) is 15.1 Å². The highest BCUT2D eigenvalue weighted by Gasteiger charge is 2.36. The van der Waals surface area contributed by atoms with Crippen molar-refractivity contribution < 1.29 is 4.74 Å². The molecule has 4 nitrogen and oxygen atoms in total. The van der Waals surface area contributed by atoms with Crippen molar-refractivity contribution >= 4 is 0 Å². The molecule has 0 aromatic carbocycles. The van der Waals surface area contributed by atoms with E-state index < -0.39 is 0 Å². The van der Waals surface area contributed by atoms with Gasteiger partial charge < -0.3 is 15.0 Å². The van der Waals surface area contributed by atoms with Gasteiger partial charge in [0.1, 0.15) is 0 Å². The summed E-state index contributed by atoms with van der Waals surface area (Å²) in [4.78, 5) is 5.28. The molecule has 2 saturated heterocycles. The van der Waals surface area contributed by atoms with Crippen LogP contribution >= 0.6 is 0 Å². The Kier molecular flexibility index (Phi) is 5.63. The number of rotatable bonds is 6. The first-order chi connectivity index (χ1) is 9.19. The smallest absolute Gasteiger partial charge is 0.0547 e. The molecular weight excluding hydrogens is 238 g/mol. The van der Waals surface area contributed by atoms with Gasteiger partial charge in [-0.2, -0.15) is 0 Å². The Labute approximate surface area is 118 Å². The number of nitrogens with zero attached hydrogens (tertiary/aromatic N) is 2. The van der Waals surface area contributed by atoms with E-state index in [1.165, 1.54) is 45.6 Å². The highest BCUT2D eigenvalue weighted by atomic mass is 16.5. The molecule has 2 unspecified atom stereocenters. The number of hydrogen-bond donors (Lipinski definition) is 1. The Balaban J connectivity index is 1.81. The van der Waals surface area contributed by atoms with Crippen LogP contribution in [0.1, 0.15) is 26.7 Å². The number of hydrogen-bond acceptors (Lipinski definition) is 4. The molecule has 2 atom stereocenters. The third kappa shape index (κ3) is 3.91. The van der Waals surface area contributed by atoms with Crippen LogP contribution in [0.25, 0.3) is 0 Å². The summed E-state index contributed by atoms with van der Waals surface area (Å²) >= 11 is 0. The lowest BCUT2D eigenvalue weighted by Gasteiger charge is -2.41. The van der Waals surface area contributed by atoms with Crippen molar-refractivity contribution in [3.63, 3.8) is 0 Å². The van der Waals surface area contributed by atoms with Crippen LogP contribution in [0.5, 0.6) is 0 Å². The minimum Gasteiger partial charge on any atom is -0.381 e. The molecule has 2 fully saturated rings.